The average Bonchev–Trinajstić information content (AvgIpc) is 2.27. The predicted molar refractivity (Wildman–Crippen MR) is 63.5 cm³/mol. The number of unbranched alkanes of at least 4 members (excludes halogenated alkanes) is 3. The van der Waals surface area contributed by atoms with E-state index in [2.05, 4.69) is 23.0 Å². The Hall–Kier alpha value is 0.536. The molecule has 2 amide bonds. The van der Waals surface area contributed by atoms with Gasteiger partial charge in [0, 0.05) is 26.6 Å². The zero-order valence-electron chi connectivity index (χ0n) is 11.0. The Kier molecular flexibility index (Phi) is 17.1. The maximum absolute atomic E-state index is 11.0. The van der Waals surface area contributed by atoms with Crippen LogP contribution in [0.5, 0.6) is 0 Å². The second-order valence-corrected chi connectivity index (χ2v) is 3.61. The van der Waals surface area contributed by atoms with E-state index < -0.39 is 0 Å². The van der Waals surface area contributed by atoms with Crippen molar-refractivity contribution in [2.45, 2.75) is 32.1 Å². The molecule has 0 fully saturated rings. The Bertz CT molecular complexity index is 213. The van der Waals surface area contributed by atoms with E-state index >= 15 is 0 Å². The van der Waals surface area contributed by atoms with Crippen LogP contribution >= 0.6 is 0 Å². The van der Waals surface area contributed by atoms with Crippen LogP contribution in [0.15, 0.2) is 0 Å². The zero-order chi connectivity index (χ0) is 12.2. The van der Waals surface area contributed by atoms with Crippen LogP contribution in [0.2, 0.25) is 0 Å². The van der Waals surface area contributed by atoms with E-state index in [4.69, 9.17) is 0 Å². The summed E-state index contributed by atoms with van der Waals surface area (Å²) in [6, 6.07) is 0. The first kappa shape index (κ1) is 19.9. The number of nitrogens with one attached hydrogen (secondary N) is 3. The van der Waals surface area contributed by atoms with E-state index in [1.165, 1.54) is 0 Å². The van der Waals surface area contributed by atoms with Gasteiger partial charge in [0.15, 0.2) is 0 Å². The molecule has 6 heteroatoms. The Morgan fingerprint density at radius 1 is 1.06 bits per heavy atom. The summed E-state index contributed by atoms with van der Waals surface area (Å²) in [5.74, 6) is 0.0650. The number of carbonyl (C=O) groups is 2. The van der Waals surface area contributed by atoms with Crippen molar-refractivity contribution in [3.8, 4) is 0 Å². The van der Waals surface area contributed by atoms with Gasteiger partial charge in [-0.15, -0.1) is 0 Å². The van der Waals surface area contributed by atoms with Gasteiger partial charge in [-0.05, 0) is 12.8 Å². The minimum Gasteiger partial charge on any atom is -0.465 e. The molecule has 0 aromatic heterocycles. The topological polar surface area (TPSA) is 70.2 Å². The molecule has 0 aliphatic rings. The number of amides is 2. The van der Waals surface area contributed by atoms with Gasteiger partial charge >= 0.3 is 51.4 Å². The summed E-state index contributed by atoms with van der Waals surface area (Å²) in [5.41, 5.74) is 0. The zero-order valence-corrected chi connectivity index (χ0v) is 14.1. The molecule has 0 saturated carbocycles. The monoisotopic (exact) mass is 267 g/mol. The molecule has 0 aliphatic carbocycles. The van der Waals surface area contributed by atoms with Crippen LogP contribution in [0.3, 0.4) is 0 Å². The fourth-order valence-corrected chi connectivity index (χ4v) is 1.29. The van der Waals surface area contributed by atoms with E-state index in [-0.39, 0.29) is 69.7 Å². The van der Waals surface area contributed by atoms with Gasteiger partial charge in [-0.1, -0.05) is 12.8 Å². The van der Waals surface area contributed by atoms with Gasteiger partial charge in [-0.25, -0.2) is 0 Å². The van der Waals surface area contributed by atoms with Crippen LogP contribution in [0.4, 0.5) is 0 Å². The van der Waals surface area contributed by atoms with Crippen LogP contribution in [0, 0.1) is 7.05 Å². The van der Waals surface area contributed by atoms with Gasteiger partial charge in [0.1, 0.15) is 0 Å². The molecule has 0 radical (unpaired) electrons. The number of hydrogen-bond donors (Lipinski definition) is 3. The third-order valence-corrected chi connectivity index (χ3v) is 2.22. The normalized spacial score (nSPS) is 9.29. The van der Waals surface area contributed by atoms with E-state index in [0.29, 0.717) is 13.0 Å². The van der Waals surface area contributed by atoms with Crippen LogP contribution in [0.1, 0.15) is 32.1 Å². The fourth-order valence-electron chi connectivity index (χ4n) is 1.29. The van der Waals surface area contributed by atoms with Crippen molar-refractivity contribution < 1.29 is 61.0 Å². The third-order valence-electron chi connectivity index (χ3n) is 2.22. The predicted octanol–water partition coefficient (Wildman–Crippen LogP) is -2.82. The summed E-state index contributed by atoms with van der Waals surface area (Å²) in [4.78, 5) is 21.9. The second kappa shape index (κ2) is 14.6. The molecule has 0 aromatic carbocycles. The number of rotatable bonds is 9. The molecular formula is C11H22KN3O2. The van der Waals surface area contributed by atoms with Crippen LogP contribution in [0.25, 0.3) is 0 Å². The van der Waals surface area contributed by atoms with Gasteiger partial charge in [-0.2, -0.15) is 0 Å². The summed E-state index contributed by atoms with van der Waals surface area (Å²) in [6.45, 7) is 0.956. The second-order valence-electron chi connectivity index (χ2n) is 3.61. The van der Waals surface area contributed by atoms with Crippen molar-refractivity contribution in [3.63, 3.8) is 0 Å². The Labute approximate surface area is 146 Å². The summed E-state index contributed by atoms with van der Waals surface area (Å²) < 4.78 is 0. The van der Waals surface area contributed by atoms with E-state index in [1.807, 2.05) is 0 Å². The maximum atomic E-state index is 11.0. The van der Waals surface area contributed by atoms with Crippen molar-refractivity contribution in [1.82, 2.24) is 16.0 Å². The molecule has 5 nitrogen and oxygen atoms in total. The van der Waals surface area contributed by atoms with E-state index in [1.54, 1.807) is 7.05 Å². The van der Waals surface area contributed by atoms with E-state index in [9.17, 15) is 9.59 Å². The van der Waals surface area contributed by atoms with Gasteiger partial charge in [0.2, 0.25) is 11.8 Å². The minimum atomic E-state index is -0.0274. The Morgan fingerprint density at radius 3 is 2.29 bits per heavy atom. The fraction of sp³-hybridized carbons (Fsp3) is 0.727. The minimum absolute atomic E-state index is 0. The van der Waals surface area contributed by atoms with Gasteiger partial charge in [-0.3, -0.25) is 16.6 Å². The summed E-state index contributed by atoms with van der Waals surface area (Å²) in [7, 11) is 5.02. The van der Waals surface area contributed by atoms with Gasteiger partial charge < -0.3 is 16.0 Å². The molecule has 0 bridgehead atoms. The summed E-state index contributed by atoms with van der Waals surface area (Å²) in [5, 5.41) is 7.90. The third kappa shape index (κ3) is 14.5. The van der Waals surface area contributed by atoms with Crippen molar-refractivity contribution in [3.05, 3.63) is 7.05 Å². The molecule has 0 rings (SSSR count). The smallest absolute Gasteiger partial charge is 0.465 e. The van der Waals surface area contributed by atoms with Crippen molar-refractivity contribution in [2.24, 2.45) is 0 Å². The van der Waals surface area contributed by atoms with Crippen LogP contribution in [-0.2, 0) is 9.59 Å². The standard InChI is InChI=1S/C11H22N3O2.K/c1-12-9-11(16)14-8-6-4-3-5-7-10(15)13-2;/h12H,1,3-9H2,2H3,(H,13,15)(H,14,16);/q-1;+1. The van der Waals surface area contributed by atoms with Crippen molar-refractivity contribution in [2.75, 3.05) is 20.1 Å². The molecule has 0 atom stereocenters. The summed E-state index contributed by atoms with van der Waals surface area (Å²) in [6.07, 6.45) is 4.52. The largest absolute Gasteiger partial charge is 1.00 e. The molecule has 0 unspecified atom stereocenters. The summed E-state index contributed by atoms with van der Waals surface area (Å²) >= 11 is 0. The molecule has 17 heavy (non-hydrogen) atoms. The molecule has 0 saturated heterocycles. The first-order valence-electron chi connectivity index (χ1n) is 5.68. The van der Waals surface area contributed by atoms with Crippen LogP contribution in [-0.4, -0.2) is 32.0 Å². The van der Waals surface area contributed by atoms with Gasteiger partial charge in [0.25, 0.3) is 0 Å². The van der Waals surface area contributed by atoms with Gasteiger partial charge in [0.05, 0.1) is 0 Å². The first-order chi connectivity index (χ1) is 7.70. The number of hydrogen-bond acceptors (Lipinski definition) is 3. The van der Waals surface area contributed by atoms with Crippen LogP contribution < -0.4 is 67.3 Å². The average molecular weight is 267 g/mol. The Balaban J connectivity index is 0. The molecule has 0 spiro atoms. The maximum Gasteiger partial charge on any atom is 1.00 e. The van der Waals surface area contributed by atoms with E-state index in [0.717, 1.165) is 25.7 Å². The Morgan fingerprint density at radius 2 is 1.71 bits per heavy atom. The molecule has 0 aromatic rings. The molecule has 0 aliphatic heterocycles. The molecule has 3 N–H and O–H groups in total. The molecule has 94 valence electrons. The van der Waals surface area contributed by atoms with Crippen molar-refractivity contribution in [1.29, 1.82) is 0 Å². The van der Waals surface area contributed by atoms with Crippen molar-refractivity contribution >= 4 is 11.8 Å². The first-order valence-corrected chi connectivity index (χ1v) is 5.68. The SMILES string of the molecule is [CH2-]NCC(=O)NCCCCCCC(=O)NC.[K+]. The quantitative estimate of drug-likeness (QED) is 0.240. The molecular weight excluding hydrogens is 245 g/mol. The number of carbonyl (C=O) groups excluding carboxylic acids is 2. The molecule has 0 heterocycles.